The Morgan fingerprint density at radius 1 is 1.45 bits per heavy atom. The summed E-state index contributed by atoms with van der Waals surface area (Å²) in [6.07, 6.45) is 1.33. The Kier molecular flexibility index (Phi) is 6.01. The molecule has 112 valence electrons. The van der Waals surface area contributed by atoms with Gasteiger partial charge in [-0.3, -0.25) is 4.21 Å². The molecule has 1 fully saturated rings. The van der Waals surface area contributed by atoms with E-state index in [0.717, 1.165) is 35.7 Å². The smallest absolute Gasteiger partial charge is 0.119 e. The first kappa shape index (κ1) is 15.5. The standard InChI is InChI=1S/C15H23NO3S/c1-12-3-2-4-15(9-12)19-11-14(17)10-16-13-5-7-20(18)8-6-13/h2-4,9,13-14,16-17H,5-8,10-11H2,1H3. The molecule has 1 heterocycles. The van der Waals surface area contributed by atoms with E-state index in [-0.39, 0.29) is 6.61 Å². The zero-order chi connectivity index (χ0) is 14.4. The highest BCUT2D eigenvalue weighted by Gasteiger charge is 2.18. The van der Waals surface area contributed by atoms with Gasteiger partial charge in [0.15, 0.2) is 0 Å². The second-order valence-corrected chi connectivity index (χ2v) is 7.01. The van der Waals surface area contributed by atoms with Gasteiger partial charge >= 0.3 is 0 Å². The fourth-order valence-corrected chi connectivity index (χ4v) is 3.56. The van der Waals surface area contributed by atoms with E-state index in [1.807, 2.05) is 31.2 Å². The third kappa shape index (κ3) is 5.23. The van der Waals surface area contributed by atoms with Crippen LogP contribution in [-0.4, -0.2) is 46.1 Å². The molecule has 2 rings (SSSR count). The summed E-state index contributed by atoms with van der Waals surface area (Å²) < 4.78 is 16.8. The molecule has 4 nitrogen and oxygen atoms in total. The van der Waals surface area contributed by atoms with E-state index in [4.69, 9.17) is 4.74 Å². The van der Waals surface area contributed by atoms with Crippen LogP contribution in [0.25, 0.3) is 0 Å². The Bertz CT molecular complexity index is 442. The van der Waals surface area contributed by atoms with Gasteiger partial charge in [0.25, 0.3) is 0 Å². The number of ether oxygens (including phenoxy) is 1. The predicted molar refractivity (Wildman–Crippen MR) is 81.6 cm³/mol. The number of nitrogens with one attached hydrogen (secondary N) is 1. The van der Waals surface area contributed by atoms with Gasteiger partial charge in [-0.1, -0.05) is 12.1 Å². The fourth-order valence-electron chi connectivity index (χ4n) is 2.26. The number of aryl methyl sites for hydroxylation is 1. The molecule has 5 heteroatoms. The van der Waals surface area contributed by atoms with Gasteiger partial charge < -0.3 is 15.2 Å². The van der Waals surface area contributed by atoms with E-state index >= 15 is 0 Å². The van der Waals surface area contributed by atoms with Crippen LogP contribution in [0.1, 0.15) is 18.4 Å². The largest absolute Gasteiger partial charge is 0.491 e. The van der Waals surface area contributed by atoms with Crippen LogP contribution in [0.3, 0.4) is 0 Å². The van der Waals surface area contributed by atoms with E-state index in [1.165, 1.54) is 0 Å². The Hall–Kier alpha value is -0.910. The minimum Gasteiger partial charge on any atom is -0.491 e. The van der Waals surface area contributed by atoms with Gasteiger partial charge in [-0.25, -0.2) is 0 Å². The van der Waals surface area contributed by atoms with Gasteiger partial charge in [-0.15, -0.1) is 0 Å². The Morgan fingerprint density at radius 2 is 2.20 bits per heavy atom. The highest BCUT2D eigenvalue weighted by molar-refractivity contribution is 7.85. The summed E-state index contributed by atoms with van der Waals surface area (Å²) in [7, 11) is -0.633. The lowest BCUT2D eigenvalue weighted by Crippen LogP contribution is -2.41. The van der Waals surface area contributed by atoms with E-state index < -0.39 is 16.9 Å². The van der Waals surface area contributed by atoms with Crippen molar-refractivity contribution in [3.8, 4) is 5.75 Å². The fraction of sp³-hybridized carbons (Fsp3) is 0.600. The average molecular weight is 297 g/mol. The van der Waals surface area contributed by atoms with E-state index in [1.54, 1.807) is 0 Å². The number of aliphatic hydroxyl groups is 1. The van der Waals surface area contributed by atoms with Crippen molar-refractivity contribution in [1.29, 1.82) is 0 Å². The maximum absolute atomic E-state index is 11.2. The van der Waals surface area contributed by atoms with Crippen LogP contribution >= 0.6 is 0 Å². The molecule has 1 atom stereocenters. The third-order valence-electron chi connectivity index (χ3n) is 3.46. The molecule has 0 spiro atoms. The van der Waals surface area contributed by atoms with Crippen molar-refractivity contribution in [2.45, 2.75) is 31.9 Å². The van der Waals surface area contributed by atoms with Gasteiger partial charge in [-0.2, -0.15) is 0 Å². The minimum atomic E-state index is -0.633. The molecule has 0 saturated carbocycles. The first-order valence-electron chi connectivity index (χ1n) is 7.09. The molecule has 0 bridgehead atoms. The SMILES string of the molecule is Cc1cccc(OCC(O)CNC2CCS(=O)CC2)c1. The van der Waals surface area contributed by atoms with Crippen molar-refractivity contribution in [3.05, 3.63) is 29.8 Å². The van der Waals surface area contributed by atoms with Gasteiger partial charge in [-0.05, 0) is 37.5 Å². The first-order chi connectivity index (χ1) is 9.63. The maximum Gasteiger partial charge on any atom is 0.119 e. The molecule has 1 unspecified atom stereocenters. The zero-order valence-electron chi connectivity index (χ0n) is 11.9. The predicted octanol–water partition coefficient (Wildman–Crippen LogP) is 1.24. The molecule has 0 aliphatic carbocycles. The van der Waals surface area contributed by atoms with E-state index in [2.05, 4.69) is 5.32 Å². The zero-order valence-corrected chi connectivity index (χ0v) is 12.7. The third-order valence-corrected chi connectivity index (χ3v) is 4.84. The molecular formula is C15H23NO3S. The lowest BCUT2D eigenvalue weighted by Gasteiger charge is -2.24. The summed E-state index contributed by atoms with van der Waals surface area (Å²) in [6, 6.07) is 8.18. The highest BCUT2D eigenvalue weighted by Crippen LogP contribution is 2.13. The monoisotopic (exact) mass is 297 g/mol. The average Bonchev–Trinajstić information content (AvgIpc) is 2.45. The van der Waals surface area contributed by atoms with Crippen molar-refractivity contribution in [1.82, 2.24) is 5.32 Å². The Balaban J connectivity index is 1.65. The summed E-state index contributed by atoms with van der Waals surface area (Å²) in [4.78, 5) is 0. The topological polar surface area (TPSA) is 58.6 Å². The molecule has 1 aliphatic heterocycles. The Labute approximate surface area is 123 Å². The number of rotatable bonds is 6. The molecule has 0 radical (unpaired) electrons. The van der Waals surface area contributed by atoms with Crippen molar-refractivity contribution in [3.63, 3.8) is 0 Å². The maximum atomic E-state index is 11.2. The molecule has 1 aromatic rings. The second-order valence-electron chi connectivity index (χ2n) is 5.31. The highest BCUT2D eigenvalue weighted by atomic mass is 32.2. The second kappa shape index (κ2) is 7.76. The number of hydrogen-bond donors (Lipinski definition) is 2. The van der Waals surface area contributed by atoms with Crippen molar-refractivity contribution in [2.75, 3.05) is 24.7 Å². The summed E-state index contributed by atoms with van der Waals surface area (Å²) in [5, 5.41) is 13.2. The van der Waals surface area contributed by atoms with Crippen molar-refractivity contribution >= 4 is 10.8 Å². The lowest BCUT2D eigenvalue weighted by atomic mass is 10.1. The minimum absolute atomic E-state index is 0.287. The summed E-state index contributed by atoms with van der Waals surface area (Å²) >= 11 is 0. The lowest BCUT2D eigenvalue weighted by molar-refractivity contribution is 0.103. The van der Waals surface area contributed by atoms with E-state index in [9.17, 15) is 9.32 Å². The van der Waals surface area contributed by atoms with E-state index in [0.29, 0.717) is 12.6 Å². The molecule has 1 saturated heterocycles. The van der Waals surface area contributed by atoms with Crippen LogP contribution in [-0.2, 0) is 10.8 Å². The number of benzene rings is 1. The van der Waals surface area contributed by atoms with Crippen LogP contribution < -0.4 is 10.1 Å². The number of hydrogen-bond acceptors (Lipinski definition) is 4. The molecule has 0 aromatic heterocycles. The van der Waals surface area contributed by atoms with Crippen LogP contribution in [0, 0.1) is 6.92 Å². The van der Waals surface area contributed by atoms with Crippen LogP contribution in [0.2, 0.25) is 0 Å². The van der Waals surface area contributed by atoms with Crippen molar-refractivity contribution < 1.29 is 14.1 Å². The molecule has 20 heavy (non-hydrogen) atoms. The van der Waals surface area contributed by atoms with Crippen LogP contribution in [0.5, 0.6) is 5.75 Å². The van der Waals surface area contributed by atoms with Gasteiger partial charge in [0.05, 0.1) is 0 Å². The van der Waals surface area contributed by atoms with Gasteiger partial charge in [0.2, 0.25) is 0 Å². The normalized spacial score (nSPS) is 24.3. The molecule has 1 aliphatic rings. The molecule has 1 aromatic carbocycles. The van der Waals surface area contributed by atoms with Crippen LogP contribution in [0.4, 0.5) is 0 Å². The summed E-state index contributed by atoms with van der Waals surface area (Å²) in [6.45, 7) is 2.82. The number of aliphatic hydroxyl groups excluding tert-OH is 1. The van der Waals surface area contributed by atoms with Gasteiger partial charge in [0, 0.05) is 34.9 Å². The Morgan fingerprint density at radius 3 is 2.90 bits per heavy atom. The summed E-state index contributed by atoms with van der Waals surface area (Å²) in [5.74, 6) is 2.33. The summed E-state index contributed by atoms with van der Waals surface area (Å²) in [5.41, 5.74) is 1.14. The first-order valence-corrected chi connectivity index (χ1v) is 8.58. The molecule has 0 amide bonds. The van der Waals surface area contributed by atoms with Gasteiger partial charge in [0.1, 0.15) is 18.5 Å². The quantitative estimate of drug-likeness (QED) is 0.829. The molecular weight excluding hydrogens is 274 g/mol. The van der Waals surface area contributed by atoms with Crippen molar-refractivity contribution in [2.24, 2.45) is 0 Å². The van der Waals surface area contributed by atoms with Crippen LogP contribution in [0.15, 0.2) is 24.3 Å². The molecule has 2 N–H and O–H groups in total.